The molecule has 0 spiro atoms. The maximum Gasteiger partial charge on any atom is 0.328 e. The highest BCUT2D eigenvalue weighted by atomic mass is 16.5. The molecule has 0 amide bonds. The van der Waals surface area contributed by atoms with E-state index in [2.05, 4.69) is 38.7 Å². The van der Waals surface area contributed by atoms with Crippen LogP contribution in [0.15, 0.2) is 18.2 Å². The molecule has 0 aromatic heterocycles. The summed E-state index contributed by atoms with van der Waals surface area (Å²) in [6.07, 6.45) is 3.83. The van der Waals surface area contributed by atoms with Gasteiger partial charge >= 0.3 is 5.97 Å². The minimum absolute atomic E-state index is 0.145. The van der Waals surface area contributed by atoms with Crippen molar-refractivity contribution in [2.24, 2.45) is 0 Å². The molecule has 4 heteroatoms. The average molecular weight is 333 g/mol. The van der Waals surface area contributed by atoms with Gasteiger partial charge in [-0.1, -0.05) is 38.8 Å². The molecule has 2 rings (SSSR count). The quantitative estimate of drug-likeness (QED) is 0.718. The van der Waals surface area contributed by atoms with Crippen LogP contribution in [0.3, 0.4) is 0 Å². The fourth-order valence-corrected chi connectivity index (χ4v) is 4.08. The van der Waals surface area contributed by atoms with Crippen molar-refractivity contribution in [2.75, 3.05) is 19.1 Å². The average Bonchev–Trinajstić information content (AvgIpc) is 2.55. The predicted octanol–water partition coefficient (Wildman–Crippen LogP) is 4.52. The molecule has 1 aromatic carbocycles. The smallest absolute Gasteiger partial charge is 0.328 e. The first-order valence-corrected chi connectivity index (χ1v) is 8.91. The molecule has 1 heterocycles. The molecule has 0 unspecified atom stereocenters. The number of fused-ring (bicyclic) bond motifs is 1. The Balaban J connectivity index is 2.60. The summed E-state index contributed by atoms with van der Waals surface area (Å²) in [5, 5.41) is 0. The van der Waals surface area contributed by atoms with E-state index in [-0.39, 0.29) is 17.6 Å². The normalized spacial score (nSPS) is 20.2. The molecule has 134 valence electrons. The van der Waals surface area contributed by atoms with E-state index < -0.39 is 0 Å². The number of carbonyl (C=O) groups is 1. The molecule has 0 saturated heterocycles. The lowest BCUT2D eigenvalue weighted by molar-refractivity contribution is -0.142. The van der Waals surface area contributed by atoms with Gasteiger partial charge in [0.25, 0.3) is 0 Å². The second-order valence-electron chi connectivity index (χ2n) is 7.37. The third kappa shape index (κ3) is 3.38. The number of carbonyl (C=O) groups excluding carboxylic acids is 1. The largest absolute Gasteiger partial charge is 0.495 e. The number of nitrogens with zero attached hydrogens (tertiary/aromatic N) is 1. The van der Waals surface area contributed by atoms with Crippen molar-refractivity contribution in [3.05, 3.63) is 23.8 Å². The third-order valence-corrected chi connectivity index (χ3v) is 5.10. The van der Waals surface area contributed by atoms with Crippen molar-refractivity contribution in [3.63, 3.8) is 0 Å². The Morgan fingerprint density at radius 1 is 1.38 bits per heavy atom. The Labute approximate surface area is 146 Å². The molecule has 0 bridgehead atoms. The second kappa shape index (κ2) is 7.45. The minimum atomic E-state index is -0.285. The molecular formula is C20H31NO3. The monoisotopic (exact) mass is 333 g/mol. The van der Waals surface area contributed by atoms with Gasteiger partial charge in [-0.25, -0.2) is 4.79 Å². The van der Waals surface area contributed by atoms with Crippen molar-refractivity contribution in [2.45, 2.75) is 70.9 Å². The number of benzene rings is 1. The Hall–Kier alpha value is -1.71. The SMILES string of the molecule is CCCC[C@@H](C(=O)OC)N1c2c(OC)cccc2[C@H](C)CC1(C)C. The van der Waals surface area contributed by atoms with Gasteiger partial charge in [0.05, 0.1) is 19.9 Å². The zero-order valence-corrected chi connectivity index (χ0v) is 15.9. The number of hydrogen-bond acceptors (Lipinski definition) is 4. The maximum absolute atomic E-state index is 12.6. The summed E-state index contributed by atoms with van der Waals surface area (Å²) in [4.78, 5) is 14.8. The lowest BCUT2D eigenvalue weighted by Crippen LogP contribution is -2.56. The van der Waals surface area contributed by atoms with Gasteiger partial charge in [-0.3, -0.25) is 0 Å². The van der Waals surface area contributed by atoms with E-state index in [0.717, 1.165) is 37.1 Å². The van der Waals surface area contributed by atoms with Crippen LogP contribution in [0, 0.1) is 0 Å². The van der Waals surface area contributed by atoms with Gasteiger partial charge in [0, 0.05) is 5.54 Å². The fourth-order valence-electron chi connectivity index (χ4n) is 4.08. The Bertz CT molecular complexity index is 582. The first-order valence-electron chi connectivity index (χ1n) is 8.91. The molecule has 1 aliphatic heterocycles. The Kier molecular flexibility index (Phi) is 5.79. The highest BCUT2D eigenvalue weighted by Gasteiger charge is 2.44. The van der Waals surface area contributed by atoms with Gasteiger partial charge in [0.1, 0.15) is 11.8 Å². The zero-order valence-electron chi connectivity index (χ0n) is 15.9. The standard InChI is InChI=1S/C20H31NO3/c1-7-8-11-16(19(22)24-6)21-18-15(10-9-12-17(18)23-5)14(2)13-20(21,3)4/h9-10,12,14,16H,7-8,11,13H2,1-6H3/t14-,16+/m1/s1. The van der Waals surface area contributed by atoms with Crippen molar-refractivity contribution in [1.29, 1.82) is 0 Å². The lowest BCUT2D eigenvalue weighted by atomic mass is 9.78. The number of esters is 1. The molecule has 0 radical (unpaired) electrons. The zero-order chi connectivity index (χ0) is 17.9. The van der Waals surface area contributed by atoms with Crippen molar-refractivity contribution >= 4 is 11.7 Å². The van der Waals surface area contributed by atoms with E-state index in [1.54, 1.807) is 7.11 Å². The Morgan fingerprint density at radius 3 is 2.67 bits per heavy atom. The van der Waals surface area contributed by atoms with Gasteiger partial charge < -0.3 is 14.4 Å². The highest BCUT2D eigenvalue weighted by molar-refractivity contribution is 5.83. The summed E-state index contributed by atoms with van der Waals surface area (Å²) in [5.41, 5.74) is 2.16. The van der Waals surface area contributed by atoms with E-state index in [0.29, 0.717) is 5.92 Å². The molecule has 0 aliphatic carbocycles. The molecule has 2 atom stereocenters. The number of para-hydroxylation sites is 1. The number of unbranched alkanes of at least 4 members (excludes halogenated alkanes) is 1. The molecular weight excluding hydrogens is 302 g/mol. The van der Waals surface area contributed by atoms with Gasteiger partial charge in [-0.15, -0.1) is 0 Å². The number of anilines is 1. The lowest BCUT2D eigenvalue weighted by Gasteiger charge is -2.50. The third-order valence-electron chi connectivity index (χ3n) is 5.10. The summed E-state index contributed by atoms with van der Waals surface area (Å²) < 4.78 is 10.8. The van der Waals surface area contributed by atoms with Gasteiger partial charge in [0.2, 0.25) is 0 Å². The highest BCUT2D eigenvalue weighted by Crippen LogP contribution is 2.49. The molecule has 1 aliphatic rings. The van der Waals surface area contributed by atoms with Crippen molar-refractivity contribution < 1.29 is 14.3 Å². The van der Waals surface area contributed by atoms with Crippen LogP contribution in [0.1, 0.15) is 64.9 Å². The van der Waals surface area contributed by atoms with Gasteiger partial charge in [-0.2, -0.15) is 0 Å². The van der Waals surface area contributed by atoms with Crippen LogP contribution in [0.5, 0.6) is 5.75 Å². The van der Waals surface area contributed by atoms with Crippen LogP contribution in [-0.2, 0) is 9.53 Å². The van der Waals surface area contributed by atoms with Crippen LogP contribution in [0.25, 0.3) is 0 Å². The summed E-state index contributed by atoms with van der Waals surface area (Å²) in [7, 11) is 3.17. The van der Waals surface area contributed by atoms with Crippen LogP contribution >= 0.6 is 0 Å². The van der Waals surface area contributed by atoms with Crippen LogP contribution in [-0.4, -0.2) is 31.8 Å². The number of ether oxygens (including phenoxy) is 2. The fraction of sp³-hybridized carbons (Fsp3) is 0.650. The van der Waals surface area contributed by atoms with Gasteiger partial charge in [0.15, 0.2) is 0 Å². The Morgan fingerprint density at radius 2 is 2.08 bits per heavy atom. The van der Waals surface area contributed by atoms with Crippen LogP contribution in [0.4, 0.5) is 5.69 Å². The molecule has 0 fully saturated rings. The van der Waals surface area contributed by atoms with Crippen molar-refractivity contribution in [1.82, 2.24) is 0 Å². The maximum atomic E-state index is 12.6. The number of methoxy groups -OCH3 is 2. The second-order valence-corrected chi connectivity index (χ2v) is 7.37. The molecule has 0 saturated carbocycles. The molecule has 0 N–H and O–H groups in total. The molecule has 1 aromatic rings. The summed E-state index contributed by atoms with van der Waals surface area (Å²) in [5.74, 6) is 1.09. The summed E-state index contributed by atoms with van der Waals surface area (Å²) in [6.45, 7) is 8.81. The van der Waals surface area contributed by atoms with Crippen LogP contribution < -0.4 is 9.64 Å². The minimum Gasteiger partial charge on any atom is -0.495 e. The van der Waals surface area contributed by atoms with E-state index in [9.17, 15) is 4.79 Å². The number of hydrogen-bond donors (Lipinski definition) is 0. The topological polar surface area (TPSA) is 38.8 Å². The van der Waals surface area contributed by atoms with E-state index in [4.69, 9.17) is 9.47 Å². The van der Waals surface area contributed by atoms with Gasteiger partial charge in [-0.05, 0) is 44.2 Å². The van der Waals surface area contributed by atoms with E-state index in [1.165, 1.54) is 12.7 Å². The molecule has 24 heavy (non-hydrogen) atoms. The summed E-state index contributed by atoms with van der Waals surface area (Å²) in [6, 6.07) is 5.88. The molecule has 4 nitrogen and oxygen atoms in total. The van der Waals surface area contributed by atoms with Crippen LogP contribution in [0.2, 0.25) is 0 Å². The number of rotatable bonds is 6. The van der Waals surface area contributed by atoms with Crippen molar-refractivity contribution in [3.8, 4) is 5.75 Å². The first-order chi connectivity index (χ1) is 11.4. The van der Waals surface area contributed by atoms with E-state index >= 15 is 0 Å². The van der Waals surface area contributed by atoms with E-state index in [1.807, 2.05) is 12.1 Å². The first kappa shape index (κ1) is 18.6. The predicted molar refractivity (Wildman–Crippen MR) is 97.9 cm³/mol. The summed E-state index contributed by atoms with van der Waals surface area (Å²) >= 11 is 0.